The van der Waals surface area contributed by atoms with Crippen LogP contribution in [0.2, 0.25) is 5.02 Å². The molecule has 4 aromatic rings. The fourth-order valence-electron chi connectivity index (χ4n) is 4.30. The second kappa shape index (κ2) is 13.0. The highest BCUT2D eigenvalue weighted by molar-refractivity contribution is 7.99. The lowest BCUT2D eigenvalue weighted by Crippen LogP contribution is -2.30. The van der Waals surface area contributed by atoms with E-state index in [0.717, 1.165) is 16.8 Å². The van der Waals surface area contributed by atoms with Crippen LogP contribution in [0.4, 0.5) is 5.69 Å². The zero-order valence-corrected chi connectivity index (χ0v) is 25.2. The minimum Gasteiger partial charge on any atom is -0.325 e. The third kappa shape index (κ3) is 6.58. The molecule has 4 rings (SSSR count). The molecule has 1 N–H and O–H groups in total. The highest BCUT2D eigenvalue weighted by Crippen LogP contribution is 2.32. The molecule has 0 aliphatic heterocycles. The molecule has 0 aliphatic carbocycles. The lowest BCUT2D eigenvalue weighted by atomic mass is 10.0. The number of nitrogens with zero attached hydrogens (tertiary/aromatic N) is 4. The fourth-order valence-corrected chi connectivity index (χ4v) is 6.62. The van der Waals surface area contributed by atoms with Gasteiger partial charge in [-0.1, -0.05) is 69.3 Å². The Balaban J connectivity index is 1.56. The molecule has 3 aromatic carbocycles. The largest absolute Gasteiger partial charge is 0.325 e. The van der Waals surface area contributed by atoms with Crippen LogP contribution in [0.1, 0.15) is 39.2 Å². The number of benzene rings is 3. The van der Waals surface area contributed by atoms with Gasteiger partial charge >= 0.3 is 0 Å². The van der Waals surface area contributed by atoms with Crippen molar-refractivity contribution in [2.45, 2.75) is 43.7 Å². The number of thioether (sulfide) groups is 1. The number of aromatic nitrogens is 3. The molecular formula is C29H32ClN5O3S2. The molecule has 0 radical (unpaired) electrons. The quantitative estimate of drug-likeness (QED) is 0.199. The lowest BCUT2D eigenvalue weighted by molar-refractivity contribution is -0.113. The first-order valence-electron chi connectivity index (χ1n) is 13.0. The Hall–Kier alpha value is -3.18. The Morgan fingerprint density at radius 2 is 1.62 bits per heavy atom. The molecule has 1 aromatic heterocycles. The van der Waals surface area contributed by atoms with E-state index in [1.165, 1.54) is 28.2 Å². The third-order valence-electron chi connectivity index (χ3n) is 6.35. The first-order chi connectivity index (χ1) is 19.1. The van der Waals surface area contributed by atoms with Gasteiger partial charge in [-0.3, -0.25) is 9.36 Å². The van der Waals surface area contributed by atoms with E-state index in [2.05, 4.69) is 35.4 Å². The number of sulfonamides is 1. The number of rotatable bonds is 11. The van der Waals surface area contributed by atoms with E-state index in [4.69, 9.17) is 11.6 Å². The number of para-hydroxylation sites is 1. The molecule has 8 nitrogen and oxygen atoms in total. The average Bonchev–Trinajstić information content (AvgIpc) is 3.37. The third-order valence-corrected chi connectivity index (χ3v) is 9.59. The normalized spacial score (nSPS) is 11.8. The molecule has 1 amide bonds. The van der Waals surface area contributed by atoms with Gasteiger partial charge in [0.25, 0.3) is 0 Å². The van der Waals surface area contributed by atoms with Gasteiger partial charge in [0.05, 0.1) is 16.3 Å². The van der Waals surface area contributed by atoms with Crippen LogP contribution in [0.5, 0.6) is 0 Å². The summed E-state index contributed by atoms with van der Waals surface area (Å²) in [6.07, 6.45) is 0. The summed E-state index contributed by atoms with van der Waals surface area (Å²) in [5.74, 6) is 0.746. The molecule has 0 aliphatic rings. The number of hydrogen-bond donors (Lipinski definition) is 1. The monoisotopic (exact) mass is 597 g/mol. The van der Waals surface area contributed by atoms with E-state index in [1.54, 1.807) is 26.0 Å². The maximum Gasteiger partial charge on any atom is 0.243 e. The summed E-state index contributed by atoms with van der Waals surface area (Å²) >= 11 is 7.39. The topological polar surface area (TPSA) is 97.2 Å². The van der Waals surface area contributed by atoms with Crippen molar-refractivity contribution in [2.75, 3.05) is 24.2 Å². The van der Waals surface area contributed by atoms with E-state index in [9.17, 15) is 13.2 Å². The van der Waals surface area contributed by atoms with Gasteiger partial charge in [0.1, 0.15) is 0 Å². The molecule has 0 atom stereocenters. The Labute approximate surface area is 244 Å². The summed E-state index contributed by atoms with van der Waals surface area (Å²) in [7, 11) is -3.57. The molecule has 0 bridgehead atoms. The van der Waals surface area contributed by atoms with Crippen LogP contribution in [-0.4, -0.2) is 52.2 Å². The van der Waals surface area contributed by atoms with Gasteiger partial charge in [-0.25, -0.2) is 8.42 Å². The van der Waals surface area contributed by atoms with Crippen LogP contribution in [0.3, 0.4) is 0 Å². The smallest absolute Gasteiger partial charge is 0.243 e. The molecule has 0 spiro atoms. The maximum absolute atomic E-state index is 12.9. The summed E-state index contributed by atoms with van der Waals surface area (Å²) in [6, 6.07) is 21.7. The predicted octanol–water partition coefficient (Wildman–Crippen LogP) is 6.47. The van der Waals surface area contributed by atoms with Crippen molar-refractivity contribution >= 4 is 45.0 Å². The molecular weight excluding hydrogens is 566 g/mol. The van der Waals surface area contributed by atoms with Gasteiger partial charge in [0.15, 0.2) is 11.0 Å². The zero-order chi connectivity index (χ0) is 28.9. The Bertz CT molecular complexity index is 1570. The van der Waals surface area contributed by atoms with Gasteiger partial charge < -0.3 is 5.32 Å². The minimum absolute atomic E-state index is 0.0854. The molecule has 0 saturated carbocycles. The van der Waals surface area contributed by atoms with E-state index < -0.39 is 10.0 Å². The van der Waals surface area contributed by atoms with Crippen molar-refractivity contribution in [3.63, 3.8) is 0 Å². The Kier molecular flexibility index (Phi) is 9.68. The molecule has 0 unspecified atom stereocenters. The van der Waals surface area contributed by atoms with Gasteiger partial charge in [-0.15, -0.1) is 10.2 Å². The summed E-state index contributed by atoms with van der Waals surface area (Å²) in [6.45, 7) is 8.64. The Morgan fingerprint density at radius 1 is 0.975 bits per heavy atom. The van der Waals surface area contributed by atoms with Gasteiger partial charge in [-0.2, -0.15) is 4.31 Å². The SMILES string of the molecule is CCN(CC)S(=O)(=O)c1ccc(NC(=O)CSc2nnc(-c3ccc(Cl)cc3)n2-c2ccccc2C(C)C)cc1. The number of nitrogens with one attached hydrogen (secondary N) is 1. The standard InChI is InChI=1S/C29H32ClN5O3S2/c1-5-34(6-2)40(37,38)24-17-15-23(16-18-24)31-27(36)19-39-29-33-32-28(21-11-13-22(30)14-12-21)35(29)26-10-8-7-9-25(26)20(3)4/h7-18,20H,5-6,19H2,1-4H3,(H,31,36). The van der Waals surface area contributed by atoms with E-state index in [0.29, 0.717) is 34.8 Å². The van der Waals surface area contributed by atoms with Crippen LogP contribution in [0, 0.1) is 0 Å². The van der Waals surface area contributed by atoms with Crippen LogP contribution >= 0.6 is 23.4 Å². The summed E-state index contributed by atoms with van der Waals surface area (Å²) in [5, 5.41) is 13.0. The number of halogens is 1. The lowest BCUT2D eigenvalue weighted by Gasteiger charge is -2.18. The predicted molar refractivity (Wildman–Crippen MR) is 162 cm³/mol. The second-order valence-corrected chi connectivity index (χ2v) is 12.6. The van der Waals surface area contributed by atoms with Crippen molar-refractivity contribution < 1.29 is 13.2 Å². The number of hydrogen-bond acceptors (Lipinski definition) is 6. The van der Waals surface area contributed by atoms with Gasteiger partial charge in [0, 0.05) is 29.4 Å². The maximum atomic E-state index is 12.9. The fraction of sp³-hybridized carbons (Fsp3) is 0.276. The van der Waals surface area contributed by atoms with Gasteiger partial charge in [-0.05, 0) is 66.1 Å². The van der Waals surface area contributed by atoms with Crippen molar-refractivity contribution in [1.82, 2.24) is 19.1 Å². The molecule has 1 heterocycles. The highest BCUT2D eigenvalue weighted by atomic mass is 35.5. The average molecular weight is 598 g/mol. The Morgan fingerprint density at radius 3 is 2.25 bits per heavy atom. The van der Waals surface area contributed by atoms with Crippen LogP contribution < -0.4 is 5.32 Å². The van der Waals surface area contributed by atoms with Crippen molar-refractivity contribution in [3.8, 4) is 17.1 Å². The first kappa shape index (κ1) is 29.8. The summed E-state index contributed by atoms with van der Waals surface area (Å²) in [4.78, 5) is 13.1. The van der Waals surface area contributed by atoms with Crippen LogP contribution in [0.25, 0.3) is 17.1 Å². The summed E-state index contributed by atoms with van der Waals surface area (Å²) in [5.41, 5.74) is 3.44. The second-order valence-electron chi connectivity index (χ2n) is 9.31. The molecule has 0 saturated heterocycles. The van der Waals surface area contributed by atoms with Crippen molar-refractivity contribution in [2.24, 2.45) is 0 Å². The zero-order valence-electron chi connectivity index (χ0n) is 22.8. The van der Waals surface area contributed by atoms with Crippen molar-refractivity contribution in [1.29, 1.82) is 0 Å². The summed E-state index contributed by atoms with van der Waals surface area (Å²) < 4.78 is 28.8. The van der Waals surface area contributed by atoms with Crippen LogP contribution in [0.15, 0.2) is 82.8 Å². The number of carbonyl (C=O) groups excluding carboxylic acids is 1. The molecule has 210 valence electrons. The van der Waals surface area contributed by atoms with E-state index >= 15 is 0 Å². The number of carbonyl (C=O) groups is 1. The highest BCUT2D eigenvalue weighted by Gasteiger charge is 2.22. The first-order valence-corrected chi connectivity index (χ1v) is 15.8. The minimum atomic E-state index is -3.57. The number of anilines is 1. The molecule has 40 heavy (non-hydrogen) atoms. The van der Waals surface area contributed by atoms with Gasteiger partial charge in [0.2, 0.25) is 15.9 Å². The van der Waals surface area contributed by atoms with Crippen LogP contribution in [-0.2, 0) is 14.8 Å². The molecule has 0 fully saturated rings. The van der Waals surface area contributed by atoms with E-state index in [1.807, 2.05) is 47.0 Å². The molecule has 11 heteroatoms. The van der Waals surface area contributed by atoms with E-state index in [-0.39, 0.29) is 22.5 Å². The number of amides is 1. The van der Waals surface area contributed by atoms with Crippen molar-refractivity contribution in [3.05, 3.63) is 83.4 Å².